The standard InChI is InChI=1S/C27H22F3N3O2/c1-15-5-4-6-20(13-15)33-26(34)24-16(2)21(18-7-9-19(10-8-18)25(29)30)14-31-27(24)35-22-11-12-23(28)32-17(22)3/h4-14,25H,1-3H3,(H,33,34). The Bertz CT molecular complexity index is 1390. The van der Waals surface area contributed by atoms with Crippen LogP contribution in [0.3, 0.4) is 0 Å². The lowest BCUT2D eigenvalue weighted by molar-refractivity contribution is 0.102. The molecular weight excluding hydrogens is 455 g/mol. The number of halogens is 3. The third kappa shape index (κ3) is 5.32. The van der Waals surface area contributed by atoms with Crippen LogP contribution in [-0.4, -0.2) is 15.9 Å². The molecule has 0 unspecified atom stereocenters. The van der Waals surface area contributed by atoms with Crippen LogP contribution in [0.5, 0.6) is 11.6 Å². The second kappa shape index (κ2) is 9.97. The maximum Gasteiger partial charge on any atom is 0.263 e. The van der Waals surface area contributed by atoms with Crippen LogP contribution < -0.4 is 10.1 Å². The summed E-state index contributed by atoms with van der Waals surface area (Å²) in [4.78, 5) is 21.5. The molecule has 2 heterocycles. The van der Waals surface area contributed by atoms with Gasteiger partial charge >= 0.3 is 0 Å². The Kier molecular flexibility index (Phi) is 6.82. The average molecular weight is 477 g/mol. The van der Waals surface area contributed by atoms with E-state index in [0.29, 0.717) is 28.1 Å². The van der Waals surface area contributed by atoms with E-state index in [1.54, 1.807) is 32.0 Å². The molecule has 0 bridgehead atoms. The number of hydrogen-bond donors (Lipinski definition) is 1. The molecule has 8 heteroatoms. The molecule has 0 aliphatic heterocycles. The minimum absolute atomic E-state index is 0.0112. The fourth-order valence-electron chi connectivity index (χ4n) is 3.67. The van der Waals surface area contributed by atoms with Crippen LogP contribution in [0.2, 0.25) is 0 Å². The van der Waals surface area contributed by atoms with Gasteiger partial charge in [0.25, 0.3) is 12.3 Å². The number of carbonyl (C=O) groups is 1. The maximum absolute atomic E-state index is 13.5. The molecule has 35 heavy (non-hydrogen) atoms. The molecule has 4 rings (SSSR count). The van der Waals surface area contributed by atoms with Gasteiger partial charge in [-0.1, -0.05) is 36.4 Å². The molecule has 0 atom stereocenters. The van der Waals surface area contributed by atoms with E-state index in [2.05, 4.69) is 15.3 Å². The summed E-state index contributed by atoms with van der Waals surface area (Å²) >= 11 is 0. The molecule has 0 saturated carbocycles. The quantitative estimate of drug-likeness (QED) is 0.299. The molecular formula is C27H22F3N3O2. The van der Waals surface area contributed by atoms with Crippen molar-refractivity contribution in [1.29, 1.82) is 0 Å². The number of aromatic nitrogens is 2. The molecule has 1 amide bonds. The van der Waals surface area contributed by atoms with Crippen molar-refractivity contribution in [3.63, 3.8) is 0 Å². The number of alkyl halides is 2. The van der Waals surface area contributed by atoms with E-state index in [-0.39, 0.29) is 22.8 Å². The monoisotopic (exact) mass is 477 g/mol. The van der Waals surface area contributed by atoms with Crippen LogP contribution in [0.15, 0.2) is 66.9 Å². The number of aryl methyl sites for hydroxylation is 2. The summed E-state index contributed by atoms with van der Waals surface area (Å²) in [5, 5.41) is 2.86. The number of ether oxygens (including phenoxy) is 1. The molecule has 0 aliphatic rings. The van der Waals surface area contributed by atoms with Gasteiger partial charge < -0.3 is 10.1 Å². The molecule has 2 aromatic carbocycles. The van der Waals surface area contributed by atoms with E-state index in [9.17, 15) is 18.0 Å². The summed E-state index contributed by atoms with van der Waals surface area (Å²) < 4.78 is 45.3. The normalized spacial score (nSPS) is 10.9. The average Bonchev–Trinajstić information content (AvgIpc) is 2.81. The number of nitrogens with zero attached hydrogens (tertiary/aromatic N) is 2. The third-order valence-electron chi connectivity index (χ3n) is 5.49. The molecule has 0 radical (unpaired) electrons. The van der Waals surface area contributed by atoms with Crippen LogP contribution >= 0.6 is 0 Å². The number of amides is 1. The third-order valence-corrected chi connectivity index (χ3v) is 5.49. The van der Waals surface area contributed by atoms with Crippen molar-refractivity contribution in [3.05, 3.63) is 101 Å². The van der Waals surface area contributed by atoms with E-state index in [0.717, 1.165) is 11.6 Å². The zero-order valence-electron chi connectivity index (χ0n) is 19.3. The van der Waals surface area contributed by atoms with Crippen LogP contribution in [-0.2, 0) is 0 Å². The van der Waals surface area contributed by atoms with Crippen molar-refractivity contribution in [2.75, 3.05) is 5.32 Å². The first-order valence-corrected chi connectivity index (χ1v) is 10.8. The Morgan fingerprint density at radius 3 is 2.40 bits per heavy atom. The predicted molar refractivity (Wildman–Crippen MR) is 128 cm³/mol. The maximum atomic E-state index is 13.5. The first-order valence-electron chi connectivity index (χ1n) is 10.8. The summed E-state index contributed by atoms with van der Waals surface area (Å²) in [6, 6.07) is 15.7. The zero-order chi connectivity index (χ0) is 25.1. The van der Waals surface area contributed by atoms with Crippen LogP contribution in [0.4, 0.5) is 18.9 Å². The van der Waals surface area contributed by atoms with E-state index in [1.165, 1.54) is 24.4 Å². The highest BCUT2D eigenvalue weighted by atomic mass is 19.3. The second-order valence-electron chi connectivity index (χ2n) is 8.04. The van der Waals surface area contributed by atoms with Gasteiger partial charge in [0.2, 0.25) is 11.8 Å². The van der Waals surface area contributed by atoms with Gasteiger partial charge in [-0.25, -0.2) is 18.7 Å². The fourth-order valence-corrected chi connectivity index (χ4v) is 3.67. The second-order valence-corrected chi connectivity index (χ2v) is 8.04. The minimum atomic E-state index is -2.58. The van der Waals surface area contributed by atoms with Gasteiger partial charge in [-0.2, -0.15) is 4.39 Å². The Morgan fingerprint density at radius 1 is 1.00 bits per heavy atom. The number of anilines is 1. The van der Waals surface area contributed by atoms with Crippen LogP contribution in [0.1, 0.15) is 39.2 Å². The minimum Gasteiger partial charge on any atom is -0.436 e. The number of benzene rings is 2. The van der Waals surface area contributed by atoms with E-state index in [4.69, 9.17) is 4.74 Å². The largest absolute Gasteiger partial charge is 0.436 e. The van der Waals surface area contributed by atoms with E-state index >= 15 is 0 Å². The van der Waals surface area contributed by atoms with Gasteiger partial charge in [0.15, 0.2) is 5.75 Å². The molecule has 0 saturated heterocycles. The summed E-state index contributed by atoms with van der Waals surface area (Å²) in [6.45, 7) is 5.22. The SMILES string of the molecule is Cc1cccc(NC(=O)c2c(Oc3ccc(F)nc3C)ncc(-c3ccc(C(F)F)cc3)c2C)c1. The van der Waals surface area contributed by atoms with Gasteiger partial charge in [-0.15, -0.1) is 0 Å². The predicted octanol–water partition coefficient (Wildman–Crippen LogP) is 7.19. The van der Waals surface area contributed by atoms with Gasteiger partial charge in [0, 0.05) is 23.0 Å². The number of nitrogens with one attached hydrogen (secondary N) is 1. The lowest BCUT2D eigenvalue weighted by atomic mass is 9.97. The molecule has 0 spiro atoms. The number of hydrogen-bond acceptors (Lipinski definition) is 4. The van der Waals surface area contributed by atoms with Crippen molar-refractivity contribution in [3.8, 4) is 22.8 Å². The smallest absolute Gasteiger partial charge is 0.263 e. The van der Waals surface area contributed by atoms with Gasteiger partial charge in [-0.05, 0) is 61.7 Å². The number of rotatable bonds is 6. The molecule has 5 nitrogen and oxygen atoms in total. The lowest BCUT2D eigenvalue weighted by Gasteiger charge is -2.17. The highest BCUT2D eigenvalue weighted by Gasteiger charge is 2.22. The van der Waals surface area contributed by atoms with Crippen molar-refractivity contribution in [2.24, 2.45) is 0 Å². The lowest BCUT2D eigenvalue weighted by Crippen LogP contribution is -2.16. The summed E-state index contributed by atoms with van der Waals surface area (Å²) in [5.41, 5.74) is 3.65. The van der Waals surface area contributed by atoms with Gasteiger partial charge in [-0.3, -0.25) is 4.79 Å². The summed E-state index contributed by atoms with van der Waals surface area (Å²) in [6.07, 6.45) is -1.07. The van der Waals surface area contributed by atoms with E-state index in [1.807, 2.05) is 25.1 Å². The topological polar surface area (TPSA) is 64.1 Å². The molecule has 1 N–H and O–H groups in total. The highest BCUT2D eigenvalue weighted by Crippen LogP contribution is 2.34. The number of carbonyl (C=O) groups excluding carboxylic acids is 1. The van der Waals surface area contributed by atoms with Crippen molar-refractivity contribution >= 4 is 11.6 Å². The van der Waals surface area contributed by atoms with Gasteiger partial charge in [0.1, 0.15) is 5.56 Å². The van der Waals surface area contributed by atoms with Crippen LogP contribution in [0.25, 0.3) is 11.1 Å². The van der Waals surface area contributed by atoms with Crippen molar-refractivity contribution in [2.45, 2.75) is 27.2 Å². The Hall–Kier alpha value is -4.20. The Labute approximate surface area is 200 Å². The first kappa shape index (κ1) is 23.9. The number of pyridine rings is 2. The zero-order valence-corrected chi connectivity index (χ0v) is 19.3. The summed E-state index contributed by atoms with van der Waals surface area (Å²) in [7, 11) is 0. The molecule has 178 valence electrons. The molecule has 4 aromatic rings. The molecule has 2 aromatic heterocycles. The molecule has 0 fully saturated rings. The van der Waals surface area contributed by atoms with Crippen molar-refractivity contribution < 1.29 is 22.7 Å². The van der Waals surface area contributed by atoms with Crippen molar-refractivity contribution in [1.82, 2.24) is 9.97 Å². The molecule has 0 aliphatic carbocycles. The highest BCUT2D eigenvalue weighted by molar-refractivity contribution is 6.08. The Morgan fingerprint density at radius 2 is 1.74 bits per heavy atom. The summed E-state index contributed by atoms with van der Waals surface area (Å²) in [5.74, 6) is -0.859. The Balaban J connectivity index is 1.79. The van der Waals surface area contributed by atoms with Crippen LogP contribution in [0, 0.1) is 26.7 Å². The fraction of sp³-hybridized carbons (Fsp3) is 0.148. The van der Waals surface area contributed by atoms with Gasteiger partial charge in [0.05, 0.1) is 5.69 Å². The first-order chi connectivity index (χ1) is 16.7. The van der Waals surface area contributed by atoms with E-state index < -0.39 is 18.3 Å².